The molecule has 1 aromatic heterocycles. The lowest BCUT2D eigenvalue weighted by atomic mass is 10.2. The molecular formula is C10H4Cl3NO2. The van der Waals surface area contributed by atoms with Gasteiger partial charge in [0.15, 0.2) is 0 Å². The molecule has 0 aliphatic carbocycles. The molecule has 0 radical (unpaired) electrons. The summed E-state index contributed by atoms with van der Waals surface area (Å²) in [6, 6.07) is 4.02. The fourth-order valence-corrected chi connectivity index (χ4v) is 1.97. The van der Waals surface area contributed by atoms with Crippen LogP contribution in [0.5, 0.6) is 0 Å². The van der Waals surface area contributed by atoms with Crippen LogP contribution in [-0.4, -0.2) is 4.98 Å². The molecule has 2 aromatic rings. The van der Waals surface area contributed by atoms with Crippen molar-refractivity contribution < 1.29 is 0 Å². The zero-order valence-electron chi connectivity index (χ0n) is 7.68. The Morgan fingerprint density at radius 1 is 1.00 bits per heavy atom. The number of fused-ring (bicyclic) bond motifs is 1. The molecule has 6 heteroatoms. The topological polar surface area (TPSA) is 49.9 Å². The quantitative estimate of drug-likeness (QED) is 0.594. The predicted octanol–water partition coefficient (Wildman–Crippen LogP) is 2.85. The zero-order chi connectivity index (χ0) is 11.9. The molecule has 1 N–H and O–H groups in total. The Hall–Kier alpha value is -1.03. The van der Waals surface area contributed by atoms with Gasteiger partial charge in [-0.05, 0) is 18.2 Å². The second-order valence-corrected chi connectivity index (χ2v) is 4.26. The van der Waals surface area contributed by atoms with E-state index in [4.69, 9.17) is 34.8 Å². The normalized spacial score (nSPS) is 10.7. The molecule has 0 aliphatic heterocycles. The molecule has 0 spiro atoms. The van der Waals surface area contributed by atoms with Gasteiger partial charge in [-0.3, -0.25) is 9.59 Å². The smallest absolute Gasteiger partial charge is 0.296 e. The number of benzene rings is 1. The highest BCUT2D eigenvalue weighted by molar-refractivity contribution is 6.50. The van der Waals surface area contributed by atoms with Crippen LogP contribution in [0.25, 0.3) is 10.9 Å². The van der Waals surface area contributed by atoms with Gasteiger partial charge in [0.1, 0.15) is 0 Å². The van der Waals surface area contributed by atoms with Gasteiger partial charge in [0.25, 0.3) is 5.56 Å². The molecule has 0 fully saturated rings. The fourth-order valence-electron chi connectivity index (χ4n) is 1.29. The van der Waals surface area contributed by atoms with E-state index in [0.29, 0.717) is 10.9 Å². The van der Waals surface area contributed by atoms with E-state index in [1.54, 1.807) is 0 Å². The lowest BCUT2D eigenvalue weighted by Crippen LogP contribution is -2.22. The highest BCUT2D eigenvalue weighted by Crippen LogP contribution is 2.35. The average molecular weight is 277 g/mol. The molecule has 0 unspecified atom stereocenters. The van der Waals surface area contributed by atoms with Gasteiger partial charge in [0.2, 0.25) is 5.43 Å². The van der Waals surface area contributed by atoms with Crippen molar-refractivity contribution in [3.63, 3.8) is 0 Å². The van der Waals surface area contributed by atoms with Crippen molar-refractivity contribution in [3.05, 3.63) is 53.8 Å². The summed E-state index contributed by atoms with van der Waals surface area (Å²) in [5.74, 6) is 0. The number of aromatic amines is 1. The Bertz CT molecular complexity index is 694. The molecule has 3 nitrogen and oxygen atoms in total. The number of rotatable bonds is 0. The highest BCUT2D eigenvalue weighted by Gasteiger charge is 2.08. The van der Waals surface area contributed by atoms with Crippen LogP contribution in [0.4, 0.5) is 0 Å². The average Bonchev–Trinajstić information content (AvgIpc) is 2.37. The standard InChI is InChI=1S/C10H4Cl3NO2/c11-5-3-6-4(8(12)9(5)13)1-2-7(15)10(16)14-6/h1-3H,(H,14,15,16). The first kappa shape index (κ1) is 11.5. The van der Waals surface area contributed by atoms with Crippen molar-refractivity contribution in [1.29, 1.82) is 0 Å². The van der Waals surface area contributed by atoms with E-state index in [9.17, 15) is 9.59 Å². The van der Waals surface area contributed by atoms with E-state index in [2.05, 4.69) is 4.98 Å². The Kier molecular flexibility index (Phi) is 2.93. The van der Waals surface area contributed by atoms with Gasteiger partial charge >= 0.3 is 0 Å². The molecule has 0 atom stereocenters. The lowest BCUT2D eigenvalue weighted by molar-refractivity contribution is 1.29. The summed E-state index contributed by atoms with van der Waals surface area (Å²) < 4.78 is 0. The van der Waals surface area contributed by atoms with Crippen LogP contribution in [0, 0.1) is 0 Å². The van der Waals surface area contributed by atoms with Gasteiger partial charge in [0, 0.05) is 5.39 Å². The summed E-state index contributed by atoms with van der Waals surface area (Å²) in [6.07, 6.45) is 0. The minimum atomic E-state index is -0.732. The molecule has 0 bridgehead atoms. The molecule has 0 saturated carbocycles. The largest absolute Gasteiger partial charge is 0.318 e. The Labute approximate surface area is 105 Å². The number of nitrogens with one attached hydrogen (secondary N) is 1. The molecule has 0 amide bonds. The van der Waals surface area contributed by atoms with Crippen molar-refractivity contribution in [3.8, 4) is 0 Å². The third kappa shape index (κ3) is 1.82. The van der Waals surface area contributed by atoms with Crippen LogP contribution >= 0.6 is 34.8 Å². The van der Waals surface area contributed by atoms with Crippen LogP contribution < -0.4 is 11.0 Å². The number of hydrogen-bond acceptors (Lipinski definition) is 2. The maximum absolute atomic E-state index is 11.3. The van der Waals surface area contributed by atoms with Gasteiger partial charge in [-0.1, -0.05) is 34.8 Å². The zero-order valence-corrected chi connectivity index (χ0v) is 9.95. The Balaban J connectivity index is 3.10. The van der Waals surface area contributed by atoms with Crippen molar-refractivity contribution in [2.24, 2.45) is 0 Å². The second-order valence-electron chi connectivity index (χ2n) is 3.10. The highest BCUT2D eigenvalue weighted by atomic mass is 35.5. The van der Waals surface area contributed by atoms with Crippen molar-refractivity contribution in [2.75, 3.05) is 0 Å². The van der Waals surface area contributed by atoms with Crippen LogP contribution in [0.1, 0.15) is 0 Å². The Morgan fingerprint density at radius 3 is 2.38 bits per heavy atom. The summed E-state index contributed by atoms with van der Waals surface area (Å²) >= 11 is 17.6. The SMILES string of the molecule is O=c1ccc2c(Cl)c(Cl)c(Cl)cc2[nH]c1=O. The van der Waals surface area contributed by atoms with Gasteiger partial charge in [0.05, 0.1) is 20.6 Å². The Morgan fingerprint density at radius 2 is 1.69 bits per heavy atom. The van der Waals surface area contributed by atoms with Crippen LogP contribution in [-0.2, 0) is 0 Å². The second kappa shape index (κ2) is 4.09. The van der Waals surface area contributed by atoms with Crippen molar-refractivity contribution in [2.45, 2.75) is 0 Å². The molecular weight excluding hydrogens is 272 g/mol. The summed E-state index contributed by atoms with van der Waals surface area (Å²) in [5.41, 5.74) is -1.02. The fraction of sp³-hybridized carbons (Fsp3) is 0. The predicted molar refractivity (Wildman–Crippen MR) is 65.9 cm³/mol. The van der Waals surface area contributed by atoms with Gasteiger partial charge in [-0.25, -0.2) is 0 Å². The van der Waals surface area contributed by atoms with E-state index >= 15 is 0 Å². The third-order valence-corrected chi connectivity index (χ3v) is 3.35. The molecule has 1 aromatic carbocycles. The van der Waals surface area contributed by atoms with Gasteiger partial charge in [-0.2, -0.15) is 0 Å². The van der Waals surface area contributed by atoms with Crippen LogP contribution in [0.15, 0.2) is 27.8 Å². The van der Waals surface area contributed by atoms with E-state index in [1.807, 2.05) is 0 Å². The van der Waals surface area contributed by atoms with Crippen molar-refractivity contribution in [1.82, 2.24) is 4.98 Å². The maximum atomic E-state index is 11.3. The van der Waals surface area contributed by atoms with E-state index in [-0.39, 0.29) is 15.1 Å². The summed E-state index contributed by atoms with van der Waals surface area (Å²) in [5, 5.41) is 1.08. The lowest BCUT2D eigenvalue weighted by Gasteiger charge is -2.01. The first-order valence-corrected chi connectivity index (χ1v) is 5.35. The van der Waals surface area contributed by atoms with Crippen LogP contribution in [0.3, 0.4) is 0 Å². The summed E-state index contributed by atoms with van der Waals surface area (Å²) in [6.45, 7) is 0. The summed E-state index contributed by atoms with van der Waals surface area (Å²) in [4.78, 5) is 24.8. The number of aromatic nitrogens is 1. The monoisotopic (exact) mass is 275 g/mol. The molecule has 0 saturated heterocycles. The first-order valence-electron chi connectivity index (χ1n) is 4.21. The molecule has 2 rings (SSSR count). The first-order chi connectivity index (χ1) is 7.50. The van der Waals surface area contributed by atoms with E-state index < -0.39 is 11.0 Å². The number of halogens is 3. The van der Waals surface area contributed by atoms with Gasteiger partial charge in [-0.15, -0.1) is 0 Å². The number of hydrogen-bond donors (Lipinski definition) is 1. The maximum Gasteiger partial charge on any atom is 0.296 e. The van der Waals surface area contributed by atoms with Gasteiger partial charge < -0.3 is 4.98 Å². The molecule has 0 aliphatic rings. The van der Waals surface area contributed by atoms with E-state index in [1.165, 1.54) is 12.1 Å². The minimum Gasteiger partial charge on any atom is -0.318 e. The molecule has 16 heavy (non-hydrogen) atoms. The van der Waals surface area contributed by atoms with E-state index in [0.717, 1.165) is 6.07 Å². The number of H-pyrrole nitrogens is 1. The molecule has 1 heterocycles. The molecule has 82 valence electrons. The van der Waals surface area contributed by atoms with Crippen LogP contribution in [0.2, 0.25) is 15.1 Å². The summed E-state index contributed by atoms with van der Waals surface area (Å²) in [7, 11) is 0. The van der Waals surface area contributed by atoms with Crippen molar-refractivity contribution >= 4 is 45.7 Å². The minimum absolute atomic E-state index is 0.190. The third-order valence-electron chi connectivity index (χ3n) is 2.07.